The van der Waals surface area contributed by atoms with Crippen molar-refractivity contribution in [2.24, 2.45) is 0 Å². The van der Waals surface area contributed by atoms with E-state index in [0.717, 1.165) is 53.8 Å². The van der Waals surface area contributed by atoms with Gasteiger partial charge in [-0.1, -0.05) is 19.9 Å². The van der Waals surface area contributed by atoms with Gasteiger partial charge in [0, 0.05) is 55.0 Å². The lowest BCUT2D eigenvalue weighted by atomic mass is 10.1. The predicted octanol–water partition coefficient (Wildman–Crippen LogP) is 4.35. The summed E-state index contributed by atoms with van der Waals surface area (Å²) in [5.74, 6) is -0.263. The van der Waals surface area contributed by atoms with Crippen LogP contribution in [0.3, 0.4) is 0 Å². The number of benzene rings is 2. The van der Waals surface area contributed by atoms with Crippen molar-refractivity contribution in [3.63, 3.8) is 0 Å². The molecular formula is C26H34N4O3S. The first-order valence-corrected chi connectivity index (χ1v) is 13.5. The van der Waals surface area contributed by atoms with E-state index in [9.17, 15) is 13.2 Å². The third-order valence-corrected chi connectivity index (χ3v) is 8.87. The summed E-state index contributed by atoms with van der Waals surface area (Å²) in [6, 6.07) is 11.1. The largest absolute Gasteiger partial charge is 0.371 e. The number of sulfonamides is 1. The van der Waals surface area contributed by atoms with E-state index < -0.39 is 10.0 Å². The molecule has 7 nitrogen and oxygen atoms in total. The third kappa shape index (κ3) is 4.57. The van der Waals surface area contributed by atoms with E-state index >= 15 is 0 Å². The maximum absolute atomic E-state index is 13.4. The summed E-state index contributed by atoms with van der Waals surface area (Å²) in [6.07, 6.45) is 2.13. The maximum Gasteiger partial charge on any atom is 0.253 e. The molecule has 0 aliphatic carbocycles. The van der Waals surface area contributed by atoms with Crippen LogP contribution in [0.25, 0.3) is 10.9 Å². The molecule has 8 heteroatoms. The van der Waals surface area contributed by atoms with Gasteiger partial charge in [-0.3, -0.25) is 4.79 Å². The molecular weight excluding hydrogens is 448 g/mol. The summed E-state index contributed by atoms with van der Waals surface area (Å²) in [7, 11) is -3.66. The molecule has 1 aromatic heterocycles. The van der Waals surface area contributed by atoms with Crippen LogP contribution in [0.1, 0.15) is 53.9 Å². The van der Waals surface area contributed by atoms with Gasteiger partial charge < -0.3 is 15.2 Å². The molecule has 1 fully saturated rings. The summed E-state index contributed by atoms with van der Waals surface area (Å²) < 4.78 is 27.6. The number of rotatable bonds is 8. The molecule has 1 aliphatic rings. The molecule has 2 heterocycles. The number of anilines is 1. The predicted molar refractivity (Wildman–Crippen MR) is 137 cm³/mol. The zero-order valence-electron chi connectivity index (χ0n) is 20.4. The van der Waals surface area contributed by atoms with Crippen molar-refractivity contribution in [1.82, 2.24) is 14.6 Å². The standard InChI is InChI=1S/C26H34N4O3S/c1-5-30(6-2)34(32,33)21-10-12-25(29-13-7-8-14-29)23(16-21)26(31)27-17-20-9-11-24-22(15-20)18(3)19(4)28-24/h9-12,15-16,28H,5-8,13-14,17H2,1-4H3,(H,27,31). The topological polar surface area (TPSA) is 85.5 Å². The van der Waals surface area contributed by atoms with Gasteiger partial charge in [-0.2, -0.15) is 4.31 Å². The SMILES string of the molecule is CCN(CC)S(=O)(=O)c1ccc(N2CCCC2)c(C(=O)NCc2ccc3[nH]c(C)c(C)c3c2)c1. The average molecular weight is 483 g/mol. The first-order chi connectivity index (χ1) is 16.3. The first kappa shape index (κ1) is 24.3. The van der Waals surface area contributed by atoms with Gasteiger partial charge >= 0.3 is 0 Å². The lowest BCUT2D eigenvalue weighted by Gasteiger charge is -2.23. The number of hydrogen-bond acceptors (Lipinski definition) is 4. The number of carbonyl (C=O) groups is 1. The molecule has 3 aromatic rings. The van der Waals surface area contributed by atoms with Crippen LogP contribution < -0.4 is 10.2 Å². The number of aromatic nitrogens is 1. The zero-order valence-corrected chi connectivity index (χ0v) is 21.3. The van der Waals surface area contributed by atoms with Crippen LogP contribution in [0.4, 0.5) is 5.69 Å². The molecule has 0 saturated carbocycles. The van der Waals surface area contributed by atoms with E-state index in [4.69, 9.17) is 0 Å². The quantitative estimate of drug-likeness (QED) is 0.500. The van der Waals surface area contributed by atoms with Gasteiger partial charge in [0.2, 0.25) is 10.0 Å². The molecule has 1 amide bonds. The van der Waals surface area contributed by atoms with Crippen LogP contribution in [-0.4, -0.2) is 49.8 Å². The van der Waals surface area contributed by atoms with E-state index in [0.29, 0.717) is 25.2 Å². The minimum absolute atomic E-state index is 0.157. The highest BCUT2D eigenvalue weighted by Gasteiger charge is 2.26. The van der Waals surface area contributed by atoms with Gasteiger partial charge in [0.05, 0.1) is 10.5 Å². The second-order valence-electron chi connectivity index (χ2n) is 8.90. The molecule has 2 N–H and O–H groups in total. The van der Waals surface area contributed by atoms with Gasteiger partial charge in [0.1, 0.15) is 0 Å². The number of H-pyrrole nitrogens is 1. The van der Waals surface area contributed by atoms with Crippen molar-refractivity contribution in [2.75, 3.05) is 31.1 Å². The number of nitrogens with one attached hydrogen (secondary N) is 2. The molecule has 0 spiro atoms. The molecule has 34 heavy (non-hydrogen) atoms. The Bertz CT molecular complexity index is 1300. The minimum atomic E-state index is -3.66. The second kappa shape index (κ2) is 9.80. The normalized spacial score (nSPS) is 14.3. The molecule has 0 bridgehead atoms. The lowest BCUT2D eigenvalue weighted by Crippen LogP contribution is -2.32. The molecule has 2 aromatic carbocycles. The van der Waals surface area contributed by atoms with Crippen LogP contribution >= 0.6 is 0 Å². The van der Waals surface area contributed by atoms with Crippen LogP contribution in [0.15, 0.2) is 41.3 Å². The summed E-state index contributed by atoms with van der Waals surface area (Å²) in [6.45, 7) is 10.6. The Kier molecular flexibility index (Phi) is 7.00. The summed E-state index contributed by atoms with van der Waals surface area (Å²) >= 11 is 0. The van der Waals surface area contributed by atoms with E-state index in [2.05, 4.69) is 35.1 Å². The Morgan fingerprint density at radius 1 is 1.06 bits per heavy atom. The van der Waals surface area contributed by atoms with E-state index in [1.807, 2.05) is 26.0 Å². The summed E-state index contributed by atoms with van der Waals surface area (Å²) in [4.78, 5) is 19.1. The second-order valence-corrected chi connectivity index (χ2v) is 10.8. The smallest absolute Gasteiger partial charge is 0.253 e. The molecule has 0 unspecified atom stereocenters. The van der Waals surface area contributed by atoms with E-state index in [1.54, 1.807) is 18.2 Å². The molecule has 0 radical (unpaired) electrons. The molecule has 4 rings (SSSR count). The van der Waals surface area contributed by atoms with Crippen LogP contribution in [-0.2, 0) is 16.6 Å². The fraction of sp³-hybridized carbons (Fsp3) is 0.423. The monoisotopic (exact) mass is 482 g/mol. The molecule has 0 atom stereocenters. The fourth-order valence-corrected chi connectivity index (χ4v) is 6.18. The maximum atomic E-state index is 13.4. The number of aryl methyl sites for hydroxylation is 2. The Morgan fingerprint density at radius 2 is 1.76 bits per heavy atom. The first-order valence-electron chi connectivity index (χ1n) is 12.0. The fourth-order valence-electron chi connectivity index (χ4n) is 4.70. The van der Waals surface area contributed by atoms with Crippen molar-refractivity contribution in [1.29, 1.82) is 0 Å². The van der Waals surface area contributed by atoms with E-state index in [-0.39, 0.29) is 10.8 Å². The number of nitrogens with zero attached hydrogens (tertiary/aromatic N) is 2. The highest BCUT2D eigenvalue weighted by molar-refractivity contribution is 7.89. The van der Waals surface area contributed by atoms with Crippen molar-refractivity contribution in [3.8, 4) is 0 Å². The van der Waals surface area contributed by atoms with Crippen molar-refractivity contribution >= 4 is 32.5 Å². The van der Waals surface area contributed by atoms with E-state index in [1.165, 1.54) is 9.87 Å². The Hall–Kier alpha value is -2.84. The van der Waals surface area contributed by atoms with Crippen LogP contribution in [0.2, 0.25) is 0 Å². The molecule has 1 aliphatic heterocycles. The van der Waals surface area contributed by atoms with Gasteiger partial charge in [-0.15, -0.1) is 0 Å². The number of aromatic amines is 1. The number of fused-ring (bicyclic) bond motifs is 1. The lowest BCUT2D eigenvalue weighted by molar-refractivity contribution is 0.0951. The highest BCUT2D eigenvalue weighted by Crippen LogP contribution is 2.29. The van der Waals surface area contributed by atoms with Crippen molar-refractivity contribution < 1.29 is 13.2 Å². The van der Waals surface area contributed by atoms with Gasteiger partial charge in [-0.05, 0) is 68.1 Å². The third-order valence-electron chi connectivity index (χ3n) is 6.83. The van der Waals surface area contributed by atoms with Crippen molar-refractivity contribution in [2.45, 2.75) is 52.0 Å². The van der Waals surface area contributed by atoms with Crippen LogP contribution in [0.5, 0.6) is 0 Å². The molecule has 182 valence electrons. The number of amides is 1. The Morgan fingerprint density at radius 3 is 2.44 bits per heavy atom. The van der Waals surface area contributed by atoms with Gasteiger partial charge in [-0.25, -0.2) is 8.42 Å². The minimum Gasteiger partial charge on any atom is -0.371 e. The average Bonchev–Trinajstić information content (AvgIpc) is 3.46. The molecule has 1 saturated heterocycles. The van der Waals surface area contributed by atoms with Gasteiger partial charge in [0.25, 0.3) is 5.91 Å². The summed E-state index contributed by atoms with van der Waals surface area (Å²) in [5, 5.41) is 4.17. The number of carbonyl (C=O) groups excluding carboxylic acids is 1. The van der Waals surface area contributed by atoms with Gasteiger partial charge in [0.15, 0.2) is 0 Å². The summed E-state index contributed by atoms with van der Waals surface area (Å²) in [5.41, 5.74) is 5.62. The highest BCUT2D eigenvalue weighted by atomic mass is 32.2. The number of hydrogen-bond donors (Lipinski definition) is 2. The Balaban J connectivity index is 1.64. The zero-order chi connectivity index (χ0) is 24.5. The van der Waals surface area contributed by atoms with Crippen molar-refractivity contribution in [3.05, 3.63) is 58.8 Å². The Labute approximate surface area is 202 Å². The van der Waals surface area contributed by atoms with Crippen LogP contribution in [0, 0.1) is 13.8 Å².